The van der Waals surface area contributed by atoms with Gasteiger partial charge in [0.1, 0.15) is 0 Å². The standard InChI is InChI=1S/C18H22N2O5/c1-13-11-14(25-19-13)12-20-9-7-18(8-10-20,17(21)22)24-16-6-4-3-5-15(16)23-2/h3-6,11H,7-10,12H2,1-2H3,(H,21,22). The number of ether oxygens (including phenoxy) is 2. The average Bonchev–Trinajstić information content (AvgIpc) is 3.02. The van der Waals surface area contributed by atoms with Crippen molar-refractivity contribution in [1.29, 1.82) is 0 Å². The smallest absolute Gasteiger partial charge is 0.348 e. The van der Waals surface area contributed by atoms with Gasteiger partial charge < -0.3 is 19.1 Å². The predicted molar refractivity (Wildman–Crippen MR) is 89.7 cm³/mol. The quantitative estimate of drug-likeness (QED) is 0.860. The number of carboxylic acid groups (broad SMARTS) is 1. The summed E-state index contributed by atoms with van der Waals surface area (Å²) in [7, 11) is 1.54. The molecule has 134 valence electrons. The number of rotatable bonds is 6. The third-order valence-electron chi connectivity index (χ3n) is 4.48. The van der Waals surface area contributed by atoms with Crippen LogP contribution in [0.3, 0.4) is 0 Å². The second kappa shape index (κ2) is 7.14. The Morgan fingerprint density at radius 3 is 2.56 bits per heavy atom. The lowest BCUT2D eigenvalue weighted by Gasteiger charge is -2.38. The highest BCUT2D eigenvalue weighted by molar-refractivity contribution is 5.78. The van der Waals surface area contributed by atoms with Gasteiger partial charge in [-0.3, -0.25) is 4.90 Å². The van der Waals surface area contributed by atoms with Crippen LogP contribution in [-0.2, 0) is 11.3 Å². The van der Waals surface area contributed by atoms with Crippen molar-refractivity contribution in [2.75, 3.05) is 20.2 Å². The number of aryl methyl sites for hydroxylation is 1. The number of likely N-dealkylation sites (tertiary alicyclic amines) is 1. The predicted octanol–water partition coefficient (Wildman–Crippen LogP) is 2.49. The van der Waals surface area contributed by atoms with Gasteiger partial charge in [-0.1, -0.05) is 17.3 Å². The number of aliphatic carboxylic acids is 1. The van der Waals surface area contributed by atoms with Crippen LogP contribution in [-0.4, -0.2) is 46.9 Å². The van der Waals surface area contributed by atoms with Gasteiger partial charge in [-0.25, -0.2) is 4.79 Å². The number of hydrogen-bond donors (Lipinski definition) is 1. The summed E-state index contributed by atoms with van der Waals surface area (Å²) < 4.78 is 16.4. The van der Waals surface area contributed by atoms with Crippen molar-refractivity contribution in [3.05, 3.63) is 41.8 Å². The Morgan fingerprint density at radius 1 is 1.32 bits per heavy atom. The minimum atomic E-state index is -1.25. The van der Waals surface area contributed by atoms with E-state index in [1.807, 2.05) is 19.1 Å². The fraction of sp³-hybridized carbons (Fsp3) is 0.444. The maximum atomic E-state index is 11.9. The summed E-state index contributed by atoms with van der Waals surface area (Å²) in [6.07, 6.45) is 0.765. The lowest BCUT2D eigenvalue weighted by Crippen LogP contribution is -2.53. The van der Waals surface area contributed by atoms with Gasteiger partial charge in [0.25, 0.3) is 0 Å². The monoisotopic (exact) mass is 346 g/mol. The normalized spacial score (nSPS) is 17.2. The maximum absolute atomic E-state index is 11.9. The van der Waals surface area contributed by atoms with Crippen molar-refractivity contribution in [3.63, 3.8) is 0 Å². The second-order valence-corrected chi connectivity index (χ2v) is 6.26. The fourth-order valence-electron chi connectivity index (χ4n) is 3.06. The molecule has 7 nitrogen and oxygen atoms in total. The van der Waals surface area contributed by atoms with Crippen LogP contribution in [0, 0.1) is 6.92 Å². The Hall–Kier alpha value is -2.54. The topological polar surface area (TPSA) is 85.0 Å². The van der Waals surface area contributed by atoms with Crippen molar-refractivity contribution in [2.45, 2.75) is 31.9 Å². The number of carboxylic acids is 1. The van der Waals surface area contributed by atoms with Gasteiger partial charge in [-0.2, -0.15) is 0 Å². The van der Waals surface area contributed by atoms with E-state index in [2.05, 4.69) is 10.1 Å². The molecular weight excluding hydrogens is 324 g/mol. The number of methoxy groups -OCH3 is 1. The summed E-state index contributed by atoms with van der Waals surface area (Å²) in [5, 5.41) is 13.7. The van der Waals surface area contributed by atoms with E-state index in [1.54, 1.807) is 18.2 Å². The summed E-state index contributed by atoms with van der Waals surface area (Å²) in [5.74, 6) is 0.814. The van der Waals surface area contributed by atoms with Crippen molar-refractivity contribution in [3.8, 4) is 11.5 Å². The van der Waals surface area contributed by atoms with Crippen LogP contribution in [0.2, 0.25) is 0 Å². The number of piperidine rings is 1. The molecule has 1 aromatic heterocycles. The molecule has 0 amide bonds. The van der Waals surface area contributed by atoms with Crippen LogP contribution in [0.1, 0.15) is 24.3 Å². The third-order valence-corrected chi connectivity index (χ3v) is 4.48. The first-order valence-electron chi connectivity index (χ1n) is 8.22. The van der Waals surface area contributed by atoms with Crippen LogP contribution in [0.5, 0.6) is 11.5 Å². The van der Waals surface area contributed by atoms with E-state index in [0.717, 1.165) is 11.5 Å². The molecule has 1 aromatic carbocycles. The van der Waals surface area contributed by atoms with E-state index in [0.29, 0.717) is 44.0 Å². The third kappa shape index (κ3) is 3.76. The summed E-state index contributed by atoms with van der Waals surface area (Å²) in [6.45, 7) is 3.69. The van der Waals surface area contributed by atoms with Gasteiger partial charge in [0.15, 0.2) is 17.3 Å². The number of carbonyl (C=O) groups is 1. The van der Waals surface area contributed by atoms with Crippen LogP contribution in [0.15, 0.2) is 34.9 Å². The van der Waals surface area contributed by atoms with Crippen LogP contribution >= 0.6 is 0 Å². The van der Waals surface area contributed by atoms with E-state index in [4.69, 9.17) is 14.0 Å². The second-order valence-electron chi connectivity index (χ2n) is 6.26. The van der Waals surface area contributed by atoms with Crippen molar-refractivity contribution >= 4 is 5.97 Å². The zero-order chi connectivity index (χ0) is 17.9. The molecule has 0 bridgehead atoms. The Labute approximate surface area is 146 Å². The van der Waals surface area contributed by atoms with E-state index in [-0.39, 0.29) is 0 Å². The number of hydrogen-bond acceptors (Lipinski definition) is 6. The minimum Gasteiger partial charge on any atom is -0.493 e. The van der Waals surface area contributed by atoms with E-state index in [9.17, 15) is 9.90 Å². The average molecular weight is 346 g/mol. The number of para-hydroxylation sites is 2. The molecule has 1 aliphatic heterocycles. The number of benzene rings is 1. The Morgan fingerprint density at radius 2 is 2.00 bits per heavy atom. The molecule has 7 heteroatoms. The molecule has 1 fully saturated rings. The molecule has 1 N–H and O–H groups in total. The van der Waals surface area contributed by atoms with Gasteiger partial charge in [0.2, 0.25) is 5.60 Å². The molecule has 3 rings (SSSR count). The summed E-state index contributed by atoms with van der Waals surface area (Å²) in [5.41, 5.74) is -0.408. The first-order valence-corrected chi connectivity index (χ1v) is 8.22. The molecule has 0 saturated carbocycles. The molecule has 2 heterocycles. The number of nitrogens with zero attached hydrogens (tertiary/aromatic N) is 2. The van der Waals surface area contributed by atoms with Crippen LogP contribution in [0.25, 0.3) is 0 Å². The van der Waals surface area contributed by atoms with Crippen LogP contribution in [0.4, 0.5) is 0 Å². The molecule has 0 spiro atoms. The molecule has 0 unspecified atom stereocenters. The highest BCUT2D eigenvalue weighted by Gasteiger charge is 2.44. The van der Waals surface area contributed by atoms with Gasteiger partial charge in [-0.05, 0) is 19.1 Å². The summed E-state index contributed by atoms with van der Waals surface area (Å²) in [4.78, 5) is 14.1. The zero-order valence-electron chi connectivity index (χ0n) is 14.4. The summed E-state index contributed by atoms with van der Waals surface area (Å²) in [6, 6.07) is 9.00. The zero-order valence-corrected chi connectivity index (χ0v) is 14.4. The Balaban J connectivity index is 1.69. The van der Waals surface area contributed by atoms with E-state index >= 15 is 0 Å². The highest BCUT2D eigenvalue weighted by atomic mass is 16.5. The first-order chi connectivity index (χ1) is 12.0. The molecule has 0 atom stereocenters. The molecule has 2 aromatic rings. The van der Waals surface area contributed by atoms with Gasteiger partial charge in [-0.15, -0.1) is 0 Å². The lowest BCUT2D eigenvalue weighted by molar-refractivity contribution is -0.160. The largest absolute Gasteiger partial charge is 0.493 e. The maximum Gasteiger partial charge on any atom is 0.348 e. The van der Waals surface area contributed by atoms with Gasteiger partial charge >= 0.3 is 5.97 Å². The van der Waals surface area contributed by atoms with Crippen molar-refractivity contribution < 1.29 is 23.9 Å². The Kier molecular flexibility index (Phi) is 4.94. The minimum absolute atomic E-state index is 0.382. The molecule has 25 heavy (non-hydrogen) atoms. The first kappa shape index (κ1) is 17.3. The van der Waals surface area contributed by atoms with E-state index < -0.39 is 11.6 Å². The van der Waals surface area contributed by atoms with Crippen molar-refractivity contribution in [1.82, 2.24) is 10.1 Å². The number of aromatic nitrogens is 1. The Bertz CT molecular complexity index is 735. The van der Waals surface area contributed by atoms with Gasteiger partial charge in [0.05, 0.1) is 19.3 Å². The highest BCUT2D eigenvalue weighted by Crippen LogP contribution is 2.34. The summed E-state index contributed by atoms with van der Waals surface area (Å²) >= 11 is 0. The van der Waals surface area contributed by atoms with E-state index in [1.165, 1.54) is 7.11 Å². The SMILES string of the molecule is COc1ccccc1OC1(C(=O)O)CCN(Cc2cc(C)no2)CC1. The lowest BCUT2D eigenvalue weighted by atomic mass is 9.91. The fourth-order valence-corrected chi connectivity index (χ4v) is 3.06. The van der Waals surface area contributed by atoms with Crippen LogP contribution < -0.4 is 9.47 Å². The molecule has 0 aliphatic carbocycles. The van der Waals surface area contributed by atoms with Gasteiger partial charge in [0, 0.05) is 32.0 Å². The molecule has 1 aliphatic rings. The van der Waals surface area contributed by atoms with Crippen molar-refractivity contribution in [2.24, 2.45) is 0 Å². The molecule has 0 radical (unpaired) electrons. The molecule has 1 saturated heterocycles. The molecular formula is C18H22N2O5.